The zero-order valence-corrected chi connectivity index (χ0v) is 13.3. The molecule has 0 aromatic carbocycles. The van der Waals surface area contributed by atoms with E-state index >= 15 is 0 Å². The molecule has 9 nitrogen and oxygen atoms in total. The molecule has 3 atom stereocenters. The van der Waals surface area contributed by atoms with Crippen LogP contribution in [-0.2, 0) is 28.8 Å². The van der Waals surface area contributed by atoms with E-state index in [0.29, 0.717) is 0 Å². The molecule has 0 heterocycles. The Balaban J connectivity index is 3.86. The number of aliphatic hydroxyl groups excluding tert-OH is 3. The summed E-state index contributed by atoms with van der Waals surface area (Å²) < 4.78 is 9.71. The van der Waals surface area contributed by atoms with Gasteiger partial charge in [0.05, 0.1) is 25.9 Å². The van der Waals surface area contributed by atoms with Crippen molar-refractivity contribution in [2.45, 2.75) is 18.6 Å². The second-order valence-corrected chi connectivity index (χ2v) is 4.85. The quantitative estimate of drug-likeness (QED) is 0.158. The zero-order chi connectivity index (χ0) is 18.4. The molecule has 0 fully saturated rings. The van der Waals surface area contributed by atoms with E-state index in [4.69, 9.17) is 9.84 Å². The van der Waals surface area contributed by atoms with Crippen LogP contribution in [0.25, 0.3) is 0 Å². The number of ether oxygens (including phenoxy) is 2. The third kappa shape index (κ3) is 11.7. The molecule has 0 bridgehead atoms. The predicted molar refractivity (Wildman–Crippen MR) is 81.4 cm³/mol. The van der Waals surface area contributed by atoms with E-state index in [1.165, 1.54) is 0 Å². The van der Waals surface area contributed by atoms with Crippen molar-refractivity contribution in [1.29, 1.82) is 0 Å². The van der Waals surface area contributed by atoms with Gasteiger partial charge in [-0.15, -0.1) is 0 Å². The molecular weight excluding hydrogens is 324 g/mol. The highest BCUT2D eigenvalue weighted by Crippen LogP contribution is 2.08. The maximum absolute atomic E-state index is 10.8. The van der Waals surface area contributed by atoms with E-state index in [-0.39, 0.29) is 39.5 Å². The number of hydrogen-bond donors (Lipinski definition) is 3. The molecule has 3 N–H and O–H groups in total. The van der Waals surface area contributed by atoms with Gasteiger partial charge in [0, 0.05) is 24.7 Å². The minimum absolute atomic E-state index is 0.102. The minimum Gasteiger partial charge on any atom is -0.460 e. The minimum atomic E-state index is -1.03. The first-order valence-electron chi connectivity index (χ1n) is 7.22. The molecule has 0 rings (SSSR count). The van der Waals surface area contributed by atoms with E-state index < -0.39 is 30.1 Å². The molecule has 0 saturated heterocycles. The van der Waals surface area contributed by atoms with Crippen LogP contribution in [0.5, 0.6) is 0 Å². The lowest BCUT2D eigenvalue weighted by molar-refractivity contribution is -0.275. The van der Waals surface area contributed by atoms with Crippen LogP contribution in [0.2, 0.25) is 0 Å². The highest BCUT2D eigenvalue weighted by molar-refractivity contribution is 5.81. The van der Waals surface area contributed by atoms with Crippen LogP contribution in [-0.4, -0.2) is 72.5 Å². The number of aliphatic hydroxyl groups is 3. The van der Waals surface area contributed by atoms with Crippen LogP contribution in [0.4, 0.5) is 0 Å². The molecule has 0 radical (unpaired) electrons. The van der Waals surface area contributed by atoms with E-state index in [2.05, 4.69) is 27.7 Å². The molecule has 3 unspecified atom stereocenters. The van der Waals surface area contributed by atoms with Gasteiger partial charge in [-0.2, -0.15) is 4.89 Å². The lowest BCUT2D eigenvalue weighted by Crippen LogP contribution is -2.28. The van der Waals surface area contributed by atoms with Gasteiger partial charge in [-0.3, -0.25) is 4.89 Å². The average molecular weight is 348 g/mol. The first-order chi connectivity index (χ1) is 11.4. The normalized spacial score (nSPS) is 14.3. The highest BCUT2D eigenvalue weighted by Gasteiger charge is 2.16. The molecule has 0 aliphatic carbocycles. The van der Waals surface area contributed by atoms with Gasteiger partial charge in [0.1, 0.15) is 12.7 Å². The number of rotatable bonds is 14. The summed E-state index contributed by atoms with van der Waals surface area (Å²) in [6, 6.07) is 0. The Bertz CT molecular complexity index is 396. The number of hydrogen-bond acceptors (Lipinski definition) is 9. The van der Waals surface area contributed by atoms with Crippen molar-refractivity contribution >= 4 is 11.9 Å². The molecule has 0 aliphatic rings. The molecule has 0 amide bonds. The van der Waals surface area contributed by atoms with Gasteiger partial charge in [-0.05, 0) is 6.42 Å². The van der Waals surface area contributed by atoms with Crippen LogP contribution < -0.4 is 0 Å². The lowest BCUT2D eigenvalue weighted by atomic mass is 10.0. The Morgan fingerprint density at radius 1 is 0.958 bits per heavy atom. The first kappa shape index (κ1) is 22.2. The zero-order valence-electron chi connectivity index (χ0n) is 13.3. The fourth-order valence-corrected chi connectivity index (χ4v) is 1.50. The third-order valence-electron chi connectivity index (χ3n) is 2.68. The van der Waals surface area contributed by atoms with Crippen LogP contribution in [0.3, 0.4) is 0 Å². The van der Waals surface area contributed by atoms with Gasteiger partial charge in [0.25, 0.3) is 0 Å². The van der Waals surface area contributed by atoms with Crippen molar-refractivity contribution in [1.82, 2.24) is 0 Å². The standard InChI is InChI=1S/C15H24O9/c1-3-14(19)22-10-13(18)9-21-8-12(17)5-11(6-16)7-23-24-15(20)4-2/h3-4,11-13,16-18H,1-2,5-10H2. The SMILES string of the molecule is C=CC(=O)OCC(O)COCC(O)CC(CO)COOC(=O)C=C. The molecule has 0 aliphatic heterocycles. The van der Waals surface area contributed by atoms with E-state index in [0.717, 1.165) is 12.2 Å². The summed E-state index contributed by atoms with van der Waals surface area (Å²) in [5, 5.41) is 28.4. The molecule has 138 valence electrons. The maximum atomic E-state index is 10.8. The smallest absolute Gasteiger partial charge is 0.365 e. The van der Waals surface area contributed by atoms with Gasteiger partial charge in [0.15, 0.2) is 0 Å². The number of carbonyl (C=O) groups excluding carboxylic acids is 2. The summed E-state index contributed by atoms with van der Waals surface area (Å²) >= 11 is 0. The first-order valence-corrected chi connectivity index (χ1v) is 7.22. The summed E-state index contributed by atoms with van der Waals surface area (Å²) in [5.41, 5.74) is 0. The molecule has 0 spiro atoms. The molecular formula is C15H24O9. The van der Waals surface area contributed by atoms with Crippen LogP contribution in [0, 0.1) is 5.92 Å². The maximum Gasteiger partial charge on any atom is 0.365 e. The lowest BCUT2D eigenvalue weighted by Gasteiger charge is -2.18. The van der Waals surface area contributed by atoms with E-state index in [1.54, 1.807) is 0 Å². The topological polar surface area (TPSA) is 132 Å². The Morgan fingerprint density at radius 2 is 1.58 bits per heavy atom. The van der Waals surface area contributed by atoms with Gasteiger partial charge in [-0.25, -0.2) is 9.59 Å². The van der Waals surface area contributed by atoms with Crippen LogP contribution in [0.1, 0.15) is 6.42 Å². The molecule has 9 heteroatoms. The molecule has 24 heavy (non-hydrogen) atoms. The predicted octanol–water partition coefficient (Wildman–Crippen LogP) is -0.887. The van der Waals surface area contributed by atoms with Crippen LogP contribution in [0.15, 0.2) is 25.3 Å². The molecule has 0 saturated carbocycles. The Labute approximate surface area is 140 Å². The van der Waals surface area contributed by atoms with E-state index in [9.17, 15) is 19.8 Å². The summed E-state index contributed by atoms with van der Waals surface area (Å²) in [6.45, 7) is 5.52. The van der Waals surface area contributed by atoms with Gasteiger partial charge in [0.2, 0.25) is 0 Å². The monoisotopic (exact) mass is 348 g/mol. The van der Waals surface area contributed by atoms with Crippen molar-refractivity contribution in [3.63, 3.8) is 0 Å². The number of carbonyl (C=O) groups is 2. The molecule has 0 aromatic heterocycles. The second kappa shape index (κ2) is 13.6. The third-order valence-corrected chi connectivity index (χ3v) is 2.68. The molecule has 0 aromatic rings. The van der Waals surface area contributed by atoms with Crippen molar-refractivity contribution in [2.75, 3.05) is 33.0 Å². The van der Waals surface area contributed by atoms with Crippen molar-refractivity contribution < 1.29 is 44.2 Å². The van der Waals surface area contributed by atoms with E-state index in [1.807, 2.05) is 0 Å². The highest BCUT2D eigenvalue weighted by atomic mass is 17.2. The Hall–Kier alpha value is -1.78. The Kier molecular flexibility index (Phi) is 12.6. The largest absolute Gasteiger partial charge is 0.460 e. The van der Waals surface area contributed by atoms with Crippen molar-refractivity contribution in [3.05, 3.63) is 25.3 Å². The van der Waals surface area contributed by atoms with Gasteiger partial charge < -0.3 is 24.8 Å². The fraction of sp³-hybridized carbons (Fsp3) is 0.600. The summed E-state index contributed by atoms with van der Waals surface area (Å²) in [7, 11) is 0. The van der Waals surface area contributed by atoms with Gasteiger partial charge >= 0.3 is 11.9 Å². The van der Waals surface area contributed by atoms with Crippen molar-refractivity contribution in [2.24, 2.45) is 5.92 Å². The summed E-state index contributed by atoms with van der Waals surface area (Å²) in [5.74, 6) is -1.89. The number of esters is 1. The van der Waals surface area contributed by atoms with Crippen LogP contribution >= 0.6 is 0 Å². The fourth-order valence-electron chi connectivity index (χ4n) is 1.50. The second-order valence-electron chi connectivity index (χ2n) is 4.85. The van der Waals surface area contributed by atoms with Crippen molar-refractivity contribution in [3.8, 4) is 0 Å². The summed E-state index contributed by atoms with van der Waals surface area (Å²) in [4.78, 5) is 30.5. The van der Waals surface area contributed by atoms with Gasteiger partial charge in [-0.1, -0.05) is 13.2 Å². The Morgan fingerprint density at radius 3 is 2.17 bits per heavy atom. The average Bonchev–Trinajstić information content (AvgIpc) is 2.58. The summed E-state index contributed by atoms with van der Waals surface area (Å²) in [6.07, 6.45) is 0.0683.